The summed E-state index contributed by atoms with van der Waals surface area (Å²) in [7, 11) is 0. The van der Waals surface area contributed by atoms with E-state index >= 15 is 0 Å². The lowest BCUT2D eigenvalue weighted by Gasteiger charge is -2.28. The van der Waals surface area contributed by atoms with Crippen LogP contribution in [0, 0.1) is 0 Å². The maximum atomic E-state index is 5.75. The SMILES string of the molecule is CCOC1(OCC)OCc2cc(CC)ccc21. The fourth-order valence-corrected chi connectivity index (χ4v) is 2.20. The summed E-state index contributed by atoms with van der Waals surface area (Å²) in [5, 5.41) is 0. The van der Waals surface area contributed by atoms with E-state index < -0.39 is 5.97 Å². The lowest BCUT2D eigenvalue weighted by atomic mass is 10.0. The molecule has 3 heteroatoms. The Morgan fingerprint density at radius 3 is 2.47 bits per heavy atom. The van der Waals surface area contributed by atoms with Gasteiger partial charge in [0.15, 0.2) is 0 Å². The predicted octanol–water partition coefficient (Wildman–Crippen LogP) is 2.96. The van der Waals surface area contributed by atoms with Gasteiger partial charge in [-0.2, -0.15) is 0 Å². The van der Waals surface area contributed by atoms with Crippen LogP contribution in [0.3, 0.4) is 0 Å². The number of aryl methyl sites for hydroxylation is 1. The van der Waals surface area contributed by atoms with Crippen molar-refractivity contribution < 1.29 is 14.2 Å². The van der Waals surface area contributed by atoms with Gasteiger partial charge in [-0.15, -0.1) is 0 Å². The Morgan fingerprint density at radius 2 is 1.88 bits per heavy atom. The van der Waals surface area contributed by atoms with Crippen LogP contribution >= 0.6 is 0 Å². The van der Waals surface area contributed by atoms with Crippen LogP contribution in [-0.4, -0.2) is 13.2 Å². The van der Waals surface area contributed by atoms with Crippen molar-refractivity contribution >= 4 is 0 Å². The van der Waals surface area contributed by atoms with Gasteiger partial charge in [0.25, 0.3) is 0 Å². The van der Waals surface area contributed by atoms with E-state index in [1.807, 2.05) is 13.8 Å². The molecule has 3 nitrogen and oxygen atoms in total. The van der Waals surface area contributed by atoms with Crippen LogP contribution in [0.25, 0.3) is 0 Å². The molecule has 1 heterocycles. The highest BCUT2D eigenvalue weighted by Gasteiger charge is 2.42. The van der Waals surface area contributed by atoms with Gasteiger partial charge >= 0.3 is 5.97 Å². The first-order valence-electron chi connectivity index (χ1n) is 6.29. The summed E-state index contributed by atoms with van der Waals surface area (Å²) in [4.78, 5) is 0. The molecule has 0 fully saturated rings. The molecule has 0 aliphatic carbocycles. The average molecular weight is 236 g/mol. The van der Waals surface area contributed by atoms with Crippen LogP contribution in [0.2, 0.25) is 0 Å². The molecule has 1 aliphatic rings. The molecule has 17 heavy (non-hydrogen) atoms. The summed E-state index contributed by atoms with van der Waals surface area (Å²) in [6, 6.07) is 6.35. The lowest BCUT2D eigenvalue weighted by Crippen LogP contribution is -2.32. The zero-order chi connectivity index (χ0) is 12.3. The molecule has 0 amide bonds. The van der Waals surface area contributed by atoms with Crippen LogP contribution in [0.15, 0.2) is 18.2 Å². The third-order valence-corrected chi connectivity index (χ3v) is 2.99. The second-order valence-corrected chi connectivity index (χ2v) is 4.06. The summed E-state index contributed by atoms with van der Waals surface area (Å²) in [5.74, 6) is -0.981. The molecule has 0 bridgehead atoms. The summed E-state index contributed by atoms with van der Waals surface area (Å²) in [6.07, 6.45) is 1.03. The molecule has 94 valence electrons. The van der Waals surface area contributed by atoms with Crippen LogP contribution in [0.4, 0.5) is 0 Å². The van der Waals surface area contributed by atoms with E-state index in [2.05, 4.69) is 25.1 Å². The third-order valence-electron chi connectivity index (χ3n) is 2.99. The Balaban J connectivity index is 2.36. The number of ether oxygens (including phenoxy) is 3. The Bertz CT molecular complexity index is 381. The summed E-state index contributed by atoms with van der Waals surface area (Å²) in [6.45, 7) is 7.73. The van der Waals surface area contributed by atoms with Crippen molar-refractivity contribution in [2.75, 3.05) is 13.2 Å². The summed E-state index contributed by atoms with van der Waals surface area (Å²) >= 11 is 0. The number of fused-ring (bicyclic) bond motifs is 1. The highest BCUT2D eigenvalue weighted by atomic mass is 16.9. The lowest BCUT2D eigenvalue weighted by molar-refractivity contribution is -0.384. The van der Waals surface area contributed by atoms with Crippen molar-refractivity contribution in [2.24, 2.45) is 0 Å². The molecule has 0 N–H and O–H groups in total. The largest absolute Gasteiger partial charge is 0.324 e. The smallest absolute Gasteiger partial charge is 0.312 e. The Morgan fingerprint density at radius 1 is 1.18 bits per heavy atom. The number of hydrogen-bond acceptors (Lipinski definition) is 3. The minimum atomic E-state index is -0.981. The molecule has 1 aromatic rings. The molecule has 0 atom stereocenters. The number of rotatable bonds is 5. The van der Waals surface area contributed by atoms with Crippen molar-refractivity contribution in [3.8, 4) is 0 Å². The maximum Gasteiger partial charge on any atom is 0.312 e. The van der Waals surface area contributed by atoms with Gasteiger partial charge in [0.1, 0.15) is 0 Å². The maximum absolute atomic E-state index is 5.75. The van der Waals surface area contributed by atoms with E-state index in [4.69, 9.17) is 14.2 Å². The van der Waals surface area contributed by atoms with E-state index in [-0.39, 0.29) is 0 Å². The van der Waals surface area contributed by atoms with Crippen LogP contribution in [0.1, 0.15) is 37.5 Å². The van der Waals surface area contributed by atoms with Crippen molar-refractivity contribution in [3.63, 3.8) is 0 Å². The molecule has 1 aromatic carbocycles. The topological polar surface area (TPSA) is 27.7 Å². The second-order valence-electron chi connectivity index (χ2n) is 4.06. The Hall–Kier alpha value is -0.900. The molecule has 0 unspecified atom stereocenters. The molecule has 0 saturated heterocycles. The zero-order valence-electron chi connectivity index (χ0n) is 10.8. The van der Waals surface area contributed by atoms with Crippen LogP contribution in [-0.2, 0) is 33.2 Å². The van der Waals surface area contributed by atoms with E-state index in [9.17, 15) is 0 Å². The van der Waals surface area contributed by atoms with Crippen molar-refractivity contribution in [2.45, 2.75) is 39.8 Å². The fraction of sp³-hybridized carbons (Fsp3) is 0.571. The minimum absolute atomic E-state index is 0.559. The second kappa shape index (κ2) is 5.17. The van der Waals surface area contributed by atoms with Crippen molar-refractivity contribution in [1.82, 2.24) is 0 Å². The summed E-state index contributed by atoms with van der Waals surface area (Å²) in [5.41, 5.74) is 3.50. The van der Waals surface area contributed by atoms with Gasteiger partial charge in [-0.05, 0) is 31.4 Å². The van der Waals surface area contributed by atoms with Gasteiger partial charge in [0, 0.05) is 18.8 Å². The molecular weight excluding hydrogens is 216 g/mol. The highest BCUT2D eigenvalue weighted by Crippen LogP contribution is 2.39. The Kier molecular flexibility index (Phi) is 3.82. The quantitative estimate of drug-likeness (QED) is 0.736. The third kappa shape index (κ3) is 2.23. The predicted molar refractivity (Wildman–Crippen MR) is 65.5 cm³/mol. The van der Waals surface area contributed by atoms with Gasteiger partial charge < -0.3 is 14.2 Å². The number of benzene rings is 1. The molecule has 0 aromatic heterocycles. The normalized spacial score (nSPS) is 17.1. The van der Waals surface area contributed by atoms with Gasteiger partial charge in [0.05, 0.1) is 6.61 Å². The van der Waals surface area contributed by atoms with Gasteiger partial charge in [-0.1, -0.05) is 25.1 Å². The molecule has 0 saturated carbocycles. The molecule has 0 radical (unpaired) electrons. The average Bonchev–Trinajstić information content (AvgIpc) is 2.69. The van der Waals surface area contributed by atoms with Gasteiger partial charge in [-0.25, -0.2) is 0 Å². The molecule has 1 aliphatic heterocycles. The van der Waals surface area contributed by atoms with Crippen molar-refractivity contribution in [3.05, 3.63) is 34.9 Å². The standard InChI is InChI=1S/C14H20O3/c1-4-11-7-8-13-12(9-11)10-17-14(13,15-5-2)16-6-3/h7-9H,4-6,10H2,1-3H3. The van der Waals surface area contributed by atoms with Gasteiger partial charge in [-0.3, -0.25) is 0 Å². The van der Waals surface area contributed by atoms with Crippen molar-refractivity contribution in [1.29, 1.82) is 0 Å². The summed E-state index contributed by atoms with van der Waals surface area (Å²) < 4.78 is 17.1. The fourth-order valence-electron chi connectivity index (χ4n) is 2.20. The first kappa shape index (κ1) is 12.6. The zero-order valence-corrected chi connectivity index (χ0v) is 10.8. The van der Waals surface area contributed by atoms with E-state index in [1.54, 1.807) is 0 Å². The first-order chi connectivity index (χ1) is 8.25. The van der Waals surface area contributed by atoms with Gasteiger partial charge in [0.2, 0.25) is 0 Å². The molecular formula is C14H20O3. The van der Waals surface area contributed by atoms with Crippen LogP contribution < -0.4 is 0 Å². The highest BCUT2D eigenvalue weighted by molar-refractivity contribution is 5.36. The van der Waals surface area contributed by atoms with E-state index in [0.717, 1.165) is 12.0 Å². The minimum Gasteiger partial charge on any atom is -0.324 e. The molecule has 0 spiro atoms. The first-order valence-corrected chi connectivity index (χ1v) is 6.29. The molecule has 2 rings (SSSR count). The van der Waals surface area contributed by atoms with Crippen LogP contribution in [0.5, 0.6) is 0 Å². The Labute approximate surface area is 103 Å². The monoisotopic (exact) mass is 236 g/mol. The van der Waals surface area contributed by atoms with E-state index in [1.165, 1.54) is 11.1 Å². The number of hydrogen-bond donors (Lipinski definition) is 0. The van der Waals surface area contributed by atoms with E-state index in [0.29, 0.717) is 19.8 Å².